The van der Waals surface area contributed by atoms with E-state index in [0.29, 0.717) is 19.4 Å². The molecule has 0 radical (unpaired) electrons. The molecule has 3 rings (SSSR count). The zero-order valence-electron chi connectivity index (χ0n) is 14.0. The van der Waals surface area contributed by atoms with E-state index < -0.39 is 50.8 Å². The highest BCUT2D eigenvalue weighted by atomic mass is 32.2. The van der Waals surface area contributed by atoms with E-state index in [1.54, 1.807) is 0 Å². The van der Waals surface area contributed by atoms with E-state index in [-0.39, 0.29) is 18.8 Å². The summed E-state index contributed by atoms with van der Waals surface area (Å²) in [5, 5.41) is 16.0. The van der Waals surface area contributed by atoms with Gasteiger partial charge in [0.05, 0.1) is 11.3 Å². The molecule has 2 aliphatic carbocycles. The Balaban J connectivity index is 1.63. The zero-order valence-corrected chi connectivity index (χ0v) is 14.8. The molecule has 26 heavy (non-hydrogen) atoms. The molecule has 1 heterocycles. The van der Waals surface area contributed by atoms with Crippen molar-refractivity contribution in [3.05, 3.63) is 12.7 Å². The van der Waals surface area contributed by atoms with Gasteiger partial charge in [0.1, 0.15) is 5.54 Å². The number of carboxylic acid groups (broad SMARTS) is 1. The van der Waals surface area contributed by atoms with Gasteiger partial charge in [0, 0.05) is 18.5 Å². The van der Waals surface area contributed by atoms with Crippen LogP contribution in [0, 0.1) is 5.92 Å². The van der Waals surface area contributed by atoms with Crippen molar-refractivity contribution in [3.8, 4) is 0 Å². The van der Waals surface area contributed by atoms with E-state index >= 15 is 0 Å². The van der Waals surface area contributed by atoms with Gasteiger partial charge in [-0.25, -0.2) is 13.2 Å². The van der Waals surface area contributed by atoms with Gasteiger partial charge >= 0.3 is 6.09 Å². The lowest BCUT2D eigenvalue weighted by atomic mass is 10.1. The number of amides is 3. The van der Waals surface area contributed by atoms with Crippen LogP contribution in [0.15, 0.2) is 12.7 Å². The molecule has 4 atom stereocenters. The molecule has 10 nitrogen and oxygen atoms in total. The van der Waals surface area contributed by atoms with Gasteiger partial charge in [0.25, 0.3) is 5.91 Å². The maximum atomic E-state index is 12.5. The van der Waals surface area contributed by atoms with Crippen molar-refractivity contribution in [3.63, 3.8) is 0 Å². The van der Waals surface area contributed by atoms with Crippen LogP contribution in [-0.4, -0.2) is 60.8 Å². The Morgan fingerprint density at radius 3 is 2.50 bits per heavy atom. The lowest BCUT2D eigenvalue weighted by Crippen LogP contribution is -2.55. The lowest BCUT2D eigenvalue weighted by molar-refractivity contribution is -0.130. The first-order valence-electron chi connectivity index (χ1n) is 8.41. The average molecular weight is 386 g/mol. The summed E-state index contributed by atoms with van der Waals surface area (Å²) >= 11 is 0. The summed E-state index contributed by atoms with van der Waals surface area (Å²) in [6, 6.07) is -1.07. The Morgan fingerprint density at radius 2 is 1.96 bits per heavy atom. The normalized spacial score (nSPS) is 33.2. The number of carbonyl (C=O) groups excluding carboxylic acids is 2. The van der Waals surface area contributed by atoms with Gasteiger partial charge in [-0.15, -0.1) is 6.58 Å². The fourth-order valence-electron chi connectivity index (χ4n) is 3.24. The van der Waals surface area contributed by atoms with Crippen molar-refractivity contribution in [2.75, 3.05) is 6.54 Å². The third-order valence-electron chi connectivity index (χ3n) is 5.02. The first-order chi connectivity index (χ1) is 12.2. The molecule has 0 bridgehead atoms. The fraction of sp³-hybridized carbons (Fsp3) is 0.667. The van der Waals surface area contributed by atoms with E-state index in [1.165, 1.54) is 6.08 Å². The van der Waals surface area contributed by atoms with Crippen molar-refractivity contribution in [1.82, 2.24) is 20.7 Å². The smallest absolute Gasteiger partial charge is 0.404 e. The van der Waals surface area contributed by atoms with Crippen LogP contribution in [0.25, 0.3) is 0 Å². The molecule has 1 saturated heterocycles. The van der Waals surface area contributed by atoms with Crippen LogP contribution in [0.1, 0.15) is 25.7 Å². The molecule has 0 spiro atoms. The number of nitrogens with one attached hydrogen (secondary N) is 4. The fourth-order valence-corrected chi connectivity index (χ4v) is 4.61. The van der Waals surface area contributed by atoms with Gasteiger partial charge < -0.3 is 21.1 Å². The summed E-state index contributed by atoms with van der Waals surface area (Å²) in [7, 11) is -3.71. The van der Waals surface area contributed by atoms with Crippen LogP contribution in [0.5, 0.6) is 0 Å². The number of hydrogen-bond acceptors (Lipinski definition) is 6. The maximum Gasteiger partial charge on any atom is 0.404 e. The minimum Gasteiger partial charge on any atom is -0.465 e. The SMILES string of the molecule is C=CC1CC1(NC(=O)C1CC(NC(=O)O)CN1)C(=O)NS(=O)(=O)C1CC1. The first kappa shape index (κ1) is 18.6. The van der Waals surface area contributed by atoms with Crippen LogP contribution in [-0.2, 0) is 19.6 Å². The molecule has 144 valence electrons. The van der Waals surface area contributed by atoms with E-state index in [1.807, 2.05) is 0 Å². The van der Waals surface area contributed by atoms with Crippen molar-refractivity contribution in [2.45, 2.75) is 48.6 Å². The quantitative estimate of drug-likeness (QED) is 0.339. The summed E-state index contributed by atoms with van der Waals surface area (Å²) in [6.45, 7) is 3.92. The van der Waals surface area contributed by atoms with Crippen LogP contribution < -0.4 is 20.7 Å². The maximum absolute atomic E-state index is 12.5. The lowest BCUT2D eigenvalue weighted by Gasteiger charge is -2.21. The molecule has 0 aromatic rings. The molecule has 2 saturated carbocycles. The molecule has 3 aliphatic rings. The summed E-state index contributed by atoms with van der Waals surface area (Å²) < 4.78 is 26.1. The standard InChI is InChI=1S/C15H22N4O6S/c1-2-8-6-15(8,13(21)19-26(24,25)10-3-4-10)18-12(20)11-5-9(7-16-11)17-14(22)23/h2,8-11,16-17H,1,3-7H2,(H,18,20)(H,19,21)(H,22,23). The Bertz CT molecular complexity index is 749. The Labute approximate surface area is 150 Å². The predicted octanol–water partition coefficient (Wildman–Crippen LogP) is -1.35. The van der Waals surface area contributed by atoms with Crippen molar-refractivity contribution in [1.29, 1.82) is 0 Å². The van der Waals surface area contributed by atoms with Gasteiger partial charge in [-0.3, -0.25) is 14.3 Å². The topological polar surface area (TPSA) is 154 Å². The van der Waals surface area contributed by atoms with Gasteiger partial charge in [-0.05, 0) is 25.7 Å². The van der Waals surface area contributed by atoms with E-state index in [0.717, 1.165) is 0 Å². The highest BCUT2D eigenvalue weighted by Crippen LogP contribution is 2.45. The third kappa shape index (κ3) is 3.68. The summed E-state index contributed by atoms with van der Waals surface area (Å²) in [6.07, 6.45) is 1.91. The minimum atomic E-state index is -3.71. The molecule has 5 N–H and O–H groups in total. The molecule has 3 amide bonds. The van der Waals surface area contributed by atoms with Gasteiger partial charge in [0.2, 0.25) is 15.9 Å². The van der Waals surface area contributed by atoms with Gasteiger partial charge in [-0.1, -0.05) is 6.08 Å². The summed E-state index contributed by atoms with van der Waals surface area (Å²) in [5.74, 6) is -1.57. The number of hydrogen-bond donors (Lipinski definition) is 5. The monoisotopic (exact) mass is 386 g/mol. The minimum absolute atomic E-state index is 0.245. The molecule has 4 unspecified atom stereocenters. The van der Waals surface area contributed by atoms with Crippen molar-refractivity contribution in [2.24, 2.45) is 5.92 Å². The molecule has 1 aliphatic heterocycles. The molecule has 0 aromatic carbocycles. The molecular weight excluding hydrogens is 364 g/mol. The molecular formula is C15H22N4O6S. The Hall–Kier alpha value is -2.14. The zero-order chi connectivity index (χ0) is 19.1. The van der Waals surface area contributed by atoms with Gasteiger partial charge in [-0.2, -0.15) is 0 Å². The summed E-state index contributed by atoms with van der Waals surface area (Å²) in [5.41, 5.74) is -1.32. The van der Waals surface area contributed by atoms with Crippen LogP contribution in [0.4, 0.5) is 4.79 Å². The third-order valence-corrected chi connectivity index (χ3v) is 6.84. The Morgan fingerprint density at radius 1 is 1.27 bits per heavy atom. The van der Waals surface area contributed by atoms with E-state index in [9.17, 15) is 22.8 Å². The van der Waals surface area contributed by atoms with Crippen LogP contribution in [0.2, 0.25) is 0 Å². The highest BCUT2D eigenvalue weighted by molar-refractivity contribution is 7.91. The van der Waals surface area contributed by atoms with E-state index in [2.05, 4.69) is 27.3 Å². The largest absolute Gasteiger partial charge is 0.465 e. The van der Waals surface area contributed by atoms with Crippen molar-refractivity contribution < 1.29 is 27.9 Å². The number of sulfonamides is 1. The van der Waals surface area contributed by atoms with Crippen LogP contribution in [0.3, 0.4) is 0 Å². The second-order valence-electron chi connectivity index (χ2n) is 7.03. The second-order valence-corrected chi connectivity index (χ2v) is 8.99. The summed E-state index contributed by atoms with van der Waals surface area (Å²) in [4.78, 5) is 35.7. The first-order valence-corrected chi connectivity index (χ1v) is 9.96. The number of carbonyl (C=O) groups is 3. The highest BCUT2D eigenvalue weighted by Gasteiger charge is 2.61. The molecule has 3 fully saturated rings. The van der Waals surface area contributed by atoms with E-state index in [4.69, 9.17) is 5.11 Å². The second kappa shape index (κ2) is 6.54. The predicted molar refractivity (Wildman–Crippen MR) is 90.6 cm³/mol. The molecule has 11 heteroatoms. The Kier molecular flexibility index (Phi) is 4.69. The average Bonchev–Trinajstić information content (AvgIpc) is 3.45. The van der Waals surface area contributed by atoms with Crippen LogP contribution >= 0.6 is 0 Å². The number of rotatable bonds is 7. The van der Waals surface area contributed by atoms with Crippen molar-refractivity contribution >= 4 is 27.9 Å². The van der Waals surface area contributed by atoms with Gasteiger partial charge in [0.15, 0.2) is 0 Å². The molecule has 0 aromatic heterocycles.